The minimum Gasteiger partial charge on any atom is -0.497 e. The van der Waals surface area contributed by atoms with E-state index in [2.05, 4.69) is 0 Å². The molecule has 0 radical (unpaired) electrons. The van der Waals surface area contributed by atoms with Crippen molar-refractivity contribution in [1.82, 2.24) is 0 Å². The number of rotatable bonds is 8. The Bertz CT molecular complexity index is 1110. The Labute approximate surface area is 199 Å². The topological polar surface area (TPSA) is 63.2 Å². The van der Waals surface area contributed by atoms with Crippen LogP contribution in [-0.4, -0.2) is 40.5 Å². The molecular formula is C28H28O6. The minimum atomic E-state index is -0.265. The Hall–Kier alpha value is -3.93. The van der Waals surface area contributed by atoms with Crippen LogP contribution < -0.4 is 18.9 Å². The molecule has 0 aliphatic carbocycles. The standard InChI is InChI=1S/C28H28O6/c1-30-22-9-4-19(5-10-22)28(20-6-11-23(31-2)12-7-20)24(13-15-27(29)32-3)21-8-14-25-26(18-21)34-17-16-33-25/h4-12,14,18H,13,15-17H2,1-3H3. The molecule has 1 aliphatic heterocycles. The summed E-state index contributed by atoms with van der Waals surface area (Å²) in [5.41, 5.74) is 4.96. The van der Waals surface area contributed by atoms with Crippen molar-refractivity contribution in [2.24, 2.45) is 0 Å². The first kappa shape index (κ1) is 23.2. The maximum absolute atomic E-state index is 12.1. The third-order valence-electron chi connectivity index (χ3n) is 5.76. The van der Waals surface area contributed by atoms with Gasteiger partial charge in [-0.3, -0.25) is 4.79 Å². The molecule has 0 bridgehead atoms. The highest BCUT2D eigenvalue weighted by Crippen LogP contribution is 2.40. The Kier molecular flexibility index (Phi) is 7.38. The van der Waals surface area contributed by atoms with Gasteiger partial charge in [-0.05, 0) is 70.7 Å². The molecule has 0 aromatic heterocycles. The summed E-state index contributed by atoms with van der Waals surface area (Å²) in [6.07, 6.45) is 0.732. The fraction of sp³-hybridized carbons (Fsp3) is 0.250. The molecule has 6 nitrogen and oxygen atoms in total. The van der Waals surface area contributed by atoms with Crippen LogP contribution in [-0.2, 0) is 9.53 Å². The van der Waals surface area contributed by atoms with Gasteiger partial charge in [-0.25, -0.2) is 0 Å². The maximum atomic E-state index is 12.1. The number of benzene rings is 3. The second kappa shape index (κ2) is 10.8. The van der Waals surface area contributed by atoms with E-state index in [0.29, 0.717) is 25.4 Å². The molecular weight excluding hydrogens is 432 g/mol. The summed E-state index contributed by atoms with van der Waals surface area (Å²) in [5.74, 6) is 2.70. The second-order valence-corrected chi connectivity index (χ2v) is 7.75. The van der Waals surface area contributed by atoms with Crippen LogP contribution in [0.15, 0.2) is 66.7 Å². The SMILES string of the molecule is COC(=O)CCC(=C(c1ccc(OC)cc1)c1ccc(OC)cc1)c1ccc2c(c1)OCCO2. The molecule has 0 atom stereocenters. The Balaban J connectivity index is 1.92. The fourth-order valence-electron chi connectivity index (χ4n) is 4.00. The highest BCUT2D eigenvalue weighted by molar-refractivity contribution is 5.99. The Morgan fingerprint density at radius 3 is 1.76 bits per heavy atom. The van der Waals surface area contributed by atoms with Crippen molar-refractivity contribution in [2.75, 3.05) is 34.5 Å². The number of esters is 1. The molecule has 0 spiro atoms. The molecule has 1 heterocycles. The fourth-order valence-corrected chi connectivity index (χ4v) is 4.00. The number of ether oxygens (including phenoxy) is 5. The molecule has 0 amide bonds. The van der Waals surface area contributed by atoms with Gasteiger partial charge in [0.25, 0.3) is 0 Å². The van der Waals surface area contributed by atoms with Crippen molar-refractivity contribution in [3.63, 3.8) is 0 Å². The van der Waals surface area contributed by atoms with Crippen LogP contribution in [0.2, 0.25) is 0 Å². The summed E-state index contributed by atoms with van der Waals surface area (Å²) in [6, 6.07) is 21.7. The number of carbonyl (C=O) groups excluding carboxylic acids is 1. The largest absolute Gasteiger partial charge is 0.497 e. The second-order valence-electron chi connectivity index (χ2n) is 7.75. The van der Waals surface area contributed by atoms with E-state index in [1.54, 1.807) is 14.2 Å². The first-order chi connectivity index (χ1) is 16.6. The highest BCUT2D eigenvalue weighted by Gasteiger charge is 2.19. The summed E-state index contributed by atoms with van der Waals surface area (Å²) < 4.78 is 27.2. The number of allylic oxidation sites excluding steroid dienone is 1. The highest BCUT2D eigenvalue weighted by atomic mass is 16.6. The molecule has 34 heavy (non-hydrogen) atoms. The summed E-state index contributed by atoms with van der Waals surface area (Å²) in [7, 11) is 4.70. The number of hydrogen-bond donors (Lipinski definition) is 0. The quantitative estimate of drug-likeness (QED) is 0.332. The van der Waals surface area contributed by atoms with Gasteiger partial charge in [0.2, 0.25) is 0 Å². The molecule has 0 fully saturated rings. The lowest BCUT2D eigenvalue weighted by atomic mass is 9.87. The van der Waals surface area contributed by atoms with Crippen molar-refractivity contribution in [3.05, 3.63) is 83.4 Å². The molecule has 0 N–H and O–H groups in total. The normalized spacial score (nSPS) is 12.0. The van der Waals surface area contributed by atoms with Crippen molar-refractivity contribution < 1.29 is 28.5 Å². The van der Waals surface area contributed by atoms with Gasteiger partial charge in [0.15, 0.2) is 11.5 Å². The lowest BCUT2D eigenvalue weighted by Crippen LogP contribution is -2.15. The minimum absolute atomic E-state index is 0.246. The van der Waals surface area contributed by atoms with Gasteiger partial charge in [-0.15, -0.1) is 0 Å². The molecule has 1 aliphatic rings. The predicted octanol–water partition coefficient (Wildman–Crippen LogP) is 5.39. The van der Waals surface area contributed by atoms with Crippen molar-refractivity contribution in [1.29, 1.82) is 0 Å². The van der Waals surface area contributed by atoms with E-state index in [4.69, 9.17) is 23.7 Å². The summed E-state index contributed by atoms with van der Waals surface area (Å²) in [5, 5.41) is 0. The van der Waals surface area contributed by atoms with Crippen LogP contribution in [0, 0.1) is 0 Å². The van der Waals surface area contributed by atoms with Crippen LogP contribution in [0.25, 0.3) is 11.1 Å². The van der Waals surface area contributed by atoms with E-state index in [-0.39, 0.29) is 12.4 Å². The van der Waals surface area contributed by atoms with E-state index in [0.717, 1.165) is 45.1 Å². The van der Waals surface area contributed by atoms with E-state index in [1.165, 1.54) is 7.11 Å². The van der Waals surface area contributed by atoms with Crippen LogP contribution >= 0.6 is 0 Å². The molecule has 176 valence electrons. The molecule has 3 aromatic carbocycles. The molecule has 0 saturated carbocycles. The van der Waals surface area contributed by atoms with Crippen LogP contribution in [0.5, 0.6) is 23.0 Å². The smallest absolute Gasteiger partial charge is 0.305 e. The number of hydrogen-bond acceptors (Lipinski definition) is 6. The van der Waals surface area contributed by atoms with E-state index in [9.17, 15) is 4.79 Å². The van der Waals surface area contributed by atoms with Crippen molar-refractivity contribution in [2.45, 2.75) is 12.8 Å². The first-order valence-electron chi connectivity index (χ1n) is 11.1. The zero-order chi connectivity index (χ0) is 23.9. The van der Waals surface area contributed by atoms with Gasteiger partial charge in [0, 0.05) is 6.42 Å². The third-order valence-corrected chi connectivity index (χ3v) is 5.76. The molecule has 0 unspecified atom stereocenters. The van der Waals surface area contributed by atoms with Gasteiger partial charge in [0.1, 0.15) is 24.7 Å². The van der Waals surface area contributed by atoms with Gasteiger partial charge >= 0.3 is 5.97 Å². The number of carbonyl (C=O) groups is 1. The van der Waals surface area contributed by atoms with E-state index in [1.807, 2.05) is 66.7 Å². The average molecular weight is 461 g/mol. The molecule has 3 aromatic rings. The number of methoxy groups -OCH3 is 3. The van der Waals surface area contributed by atoms with Gasteiger partial charge < -0.3 is 23.7 Å². The van der Waals surface area contributed by atoms with Crippen LogP contribution in [0.3, 0.4) is 0 Å². The van der Waals surface area contributed by atoms with Crippen molar-refractivity contribution >= 4 is 17.1 Å². The zero-order valence-electron chi connectivity index (χ0n) is 19.6. The van der Waals surface area contributed by atoms with Gasteiger partial charge in [0.05, 0.1) is 21.3 Å². The molecule has 6 heteroatoms. The van der Waals surface area contributed by atoms with E-state index < -0.39 is 0 Å². The number of fused-ring (bicyclic) bond motifs is 1. The first-order valence-corrected chi connectivity index (χ1v) is 11.1. The summed E-state index contributed by atoms with van der Waals surface area (Å²) in [4.78, 5) is 12.1. The van der Waals surface area contributed by atoms with Gasteiger partial charge in [-0.2, -0.15) is 0 Å². The summed E-state index contributed by atoms with van der Waals surface area (Å²) in [6.45, 7) is 1.03. The molecule has 4 rings (SSSR count). The zero-order valence-corrected chi connectivity index (χ0v) is 19.6. The van der Waals surface area contributed by atoms with Crippen LogP contribution in [0.1, 0.15) is 29.5 Å². The maximum Gasteiger partial charge on any atom is 0.305 e. The van der Waals surface area contributed by atoms with Gasteiger partial charge in [-0.1, -0.05) is 30.3 Å². The Morgan fingerprint density at radius 2 is 1.24 bits per heavy atom. The summed E-state index contributed by atoms with van der Waals surface area (Å²) >= 11 is 0. The van der Waals surface area contributed by atoms with Crippen molar-refractivity contribution in [3.8, 4) is 23.0 Å². The Morgan fingerprint density at radius 1 is 0.706 bits per heavy atom. The lowest BCUT2D eigenvalue weighted by molar-refractivity contribution is -0.140. The molecule has 0 saturated heterocycles. The van der Waals surface area contributed by atoms with Crippen LogP contribution in [0.4, 0.5) is 0 Å². The van der Waals surface area contributed by atoms with E-state index >= 15 is 0 Å². The average Bonchev–Trinajstić information content (AvgIpc) is 2.90. The lowest BCUT2D eigenvalue weighted by Gasteiger charge is -2.21. The predicted molar refractivity (Wildman–Crippen MR) is 131 cm³/mol. The monoisotopic (exact) mass is 460 g/mol. The third kappa shape index (κ3) is 5.17.